The fourth-order valence-corrected chi connectivity index (χ4v) is 1.32. The normalized spacial score (nSPS) is 14.2. The lowest BCUT2D eigenvalue weighted by molar-refractivity contribution is 0.0517. The molecule has 1 rings (SSSR count). The topological polar surface area (TPSA) is 49.3 Å². The highest BCUT2D eigenvalue weighted by atomic mass is 35.5. The van der Waals surface area contributed by atoms with Gasteiger partial charge in [-0.2, -0.15) is 0 Å². The monoisotopic (exact) mass is 259 g/mol. The van der Waals surface area contributed by atoms with Crippen molar-refractivity contribution in [2.45, 2.75) is 25.9 Å². The Kier molecular flexibility index (Phi) is 4.48. The predicted octanol–water partition coefficient (Wildman–Crippen LogP) is 2.37. The van der Waals surface area contributed by atoms with Crippen LogP contribution in [0.5, 0.6) is 0 Å². The zero-order valence-electron chi connectivity index (χ0n) is 9.76. The van der Waals surface area contributed by atoms with Gasteiger partial charge in [-0.15, -0.1) is 0 Å². The Hall–Kier alpha value is -1.13. The van der Waals surface area contributed by atoms with Crippen LogP contribution in [0.4, 0.5) is 4.39 Å². The first-order chi connectivity index (χ1) is 7.85. The zero-order chi connectivity index (χ0) is 13.1. The van der Waals surface area contributed by atoms with Crippen molar-refractivity contribution in [1.29, 1.82) is 0 Å². The van der Waals surface area contributed by atoms with Crippen molar-refractivity contribution in [3.63, 3.8) is 0 Å². The van der Waals surface area contributed by atoms with E-state index < -0.39 is 17.3 Å². The SMILES string of the molecule is CCC(C)(O)CNC(=O)c1ccc(Cl)cc1F. The Morgan fingerprint density at radius 1 is 1.59 bits per heavy atom. The zero-order valence-corrected chi connectivity index (χ0v) is 10.5. The van der Waals surface area contributed by atoms with E-state index in [1.807, 2.05) is 0 Å². The number of amides is 1. The standard InChI is InChI=1S/C12H15ClFNO2/c1-3-12(2,17)7-15-11(16)9-5-4-8(13)6-10(9)14/h4-6,17H,3,7H2,1-2H3,(H,15,16). The summed E-state index contributed by atoms with van der Waals surface area (Å²) in [5.41, 5.74) is -1.07. The minimum Gasteiger partial charge on any atom is -0.388 e. The summed E-state index contributed by atoms with van der Waals surface area (Å²) >= 11 is 5.58. The Labute approximate surface area is 105 Å². The number of carbonyl (C=O) groups excluding carboxylic acids is 1. The third-order valence-electron chi connectivity index (χ3n) is 2.57. The third kappa shape index (κ3) is 3.98. The van der Waals surface area contributed by atoms with Crippen molar-refractivity contribution in [2.24, 2.45) is 0 Å². The van der Waals surface area contributed by atoms with E-state index in [4.69, 9.17) is 11.6 Å². The quantitative estimate of drug-likeness (QED) is 0.872. The average molecular weight is 260 g/mol. The largest absolute Gasteiger partial charge is 0.388 e. The molecule has 0 aliphatic heterocycles. The van der Waals surface area contributed by atoms with E-state index in [1.165, 1.54) is 12.1 Å². The van der Waals surface area contributed by atoms with Gasteiger partial charge in [-0.05, 0) is 31.5 Å². The van der Waals surface area contributed by atoms with Crippen LogP contribution in [-0.2, 0) is 0 Å². The molecule has 0 radical (unpaired) electrons. The van der Waals surface area contributed by atoms with E-state index in [1.54, 1.807) is 13.8 Å². The van der Waals surface area contributed by atoms with Crippen LogP contribution in [0.25, 0.3) is 0 Å². The van der Waals surface area contributed by atoms with E-state index in [0.717, 1.165) is 6.07 Å². The molecule has 0 fully saturated rings. The number of rotatable bonds is 4. The molecule has 1 amide bonds. The van der Waals surface area contributed by atoms with Gasteiger partial charge >= 0.3 is 0 Å². The molecule has 0 aromatic heterocycles. The molecule has 0 saturated carbocycles. The third-order valence-corrected chi connectivity index (χ3v) is 2.80. The van der Waals surface area contributed by atoms with Gasteiger partial charge in [0.1, 0.15) is 5.82 Å². The Morgan fingerprint density at radius 2 is 2.24 bits per heavy atom. The maximum Gasteiger partial charge on any atom is 0.254 e. The summed E-state index contributed by atoms with van der Waals surface area (Å²) in [6.07, 6.45) is 0.496. The van der Waals surface area contributed by atoms with Gasteiger partial charge in [0.15, 0.2) is 0 Å². The van der Waals surface area contributed by atoms with Gasteiger partial charge in [0.05, 0.1) is 11.2 Å². The first-order valence-corrected chi connectivity index (χ1v) is 5.69. The molecule has 1 unspecified atom stereocenters. The van der Waals surface area contributed by atoms with Gasteiger partial charge in [0, 0.05) is 11.6 Å². The van der Waals surface area contributed by atoms with Gasteiger partial charge < -0.3 is 10.4 Å². The van der Waals surface area contributed by atoms with Gasteiger partial charge in [0.2, 0.25) is 0 Å². The summed E-state index contributed by atoms with van der Waals surface area (Å²) in [5.74, 6) is -1.24. The van der Waals surface area contributed by atoms with Crippen molar-refractivity contribution in [3.8, 4) is 0 Å². The number of halogens is 2. The first-order valence-electron chi connectivity index (χ1n) is 5.31. The Balaban J connectivity index is 2.71. The molecule has 1 aromatic carbocycles. The average Bonchev–Trinajstić information content (AvgIpc) is 2.26. The molecule has 3 nitrogen and oxygen atoms in total. The van der Waals surface area contributed by atoms with Crippen LogP contribution >= 0.6 is 11.6 Å². The Morgan fingerprint density at radius 3 is 2.76 bits per heavy atom. The van der Waals surface area contributed by atoms with Gasteiger partial charge in [-0.1, -0.05) is 18.5 Å². The second-order valence-corrected chi connectivity index (χ2v) is 4.59. The molecule has 1 atom stereocenters. The molecule has 0 aliphatic rings. The van der Waals surface area contributed by atoms with Crippen LogP contribution in [0.3, 0.4) is 0 Å². The molecule has 2 N–H and O–H groups in total. The van der Waals surface area contributed by atoms with E-state index in [9.17, 15) is 14.3 Å². The number of carbonyl (C=O) groups is 1. The minimum absolute atomic E-state index is 0.0738. The lowest BCUT2D eigenvalue weighted by atomic mass is 10.0. The van der Waals surface area contributed by atoms with Crippen LogP contribution < -0.4 is 5.32 Å². The molecule has 0 saturated heterocycles. The van der Waals surface area contributed by atoms with Crippen molar-refractivity contribution < 1.29 is 14.3 Å². The van der Waals surface area contributed by atoms with Crippen LogP contribution in [-0.4, -0.2) is 23.2 Å². The maximum absolute atomic E-state index is 13.4. The van der Waals surface area contributed by atoms with Crippen LogP contribution in [0.2, 0.25) is 5.02 Å². The maximum atomic E-state index is 13.4. The smallest absolute Gasteiger partial charge is 0.254 e. The van der Waals surface area contributed by atoms with Crippen LogP contribution in [0.15, 0.2) is 18.2 Å². The number of nitrogens with one attached hydrogen (secondary N) is 1. The number of hydrogen-bond donors (Lipinski definition) is 2. The van der Waals surface area contributed by atoms with E-state index >= 15 is 0 Å². The number of hydrogen-bond acceptors (Lipinski definition) is 2. The van der Waals surface area contributed by atoms with Crippen molar-refractivity contribution >= 4 is 17.5 Å². The van der Waals surface area contributed by atoms with E-state index in [0.29, 0.717) is 6.42 Å². The second-order valence-electron chi connectivity index (χ2n) is 4.16. The second kappa shape index (κ2) is 5.47. The number of benzene rings is 1. The summed E-state index contributed by atoms with van der Waals surface area (Å²) in [6.45, 7) is 3.48. The molecular formula is C12H15ClFNO2. The molecule has 0 bridgehead atoms. The van der Waals surface area contributed by atoms with Crippen LogP contribution in [0.1, 0.15) is 30.6 Å². The molecule has 0 spiro atoms. The van der Waals surface area contributed by atoms with Gasteiger partial charge in [-0.3, -0.25) is 4.79 Å². The highest BCUT2D eigenvalue weighted by Crippen LogP contribution is 2.15. The number of aliphatic hydroxyl groups is 1. The molecule has 17 heavy (non-hydrogen) atoms. The summed E-state index contributed by atoms with van der Waals surface area (Å²) in [6, 6.07) is 3.83. The highest BCUT2D eigenvalue weighted by molar-refractivity contribution is 6.30. The molecular weight excluding hydrogens is 245 g/mol. The lowest BCUT2D eigenvalue weighted by Crippen LogP contribution is -2.40. The molecule has 0 heterocycles. The van der Waals surface area contributed by atoms with Gasteiger partial charge in [-0.25, -0.2) is 4.39 Å². The van der Waals surface area contributed by atoms with Crippen molar-refractivity contribution in [1.82, 2.24) is 5.32 Å². The molecule has 1 aromatic rings. The molecule has 94 valence electrons. The predicted molar refractivity (Wildman–Crippen MR) is 64.7 cm³/mol. The van der Waals surface area contributed by atoms with Crippen molar-refractivity contribution in [2.75, 3.05) is 6.54 Å². The first kappa shape index (κ1) is 13.9. The minimum atomic E-state index is -0.988. The Bertz CT molecular complexity index is 421. The summed E-state index contributed by atoms with van der Waals surface area (Å²) in [5, 5.41) is 12.4. The molecule has 5 heteroatoms. The van der Waals surface area contributed by atoms with Gasteiger partial charge in [0.25, 0.3) is 5.91 Å². The summed E-state index contributed by atoms with van der Waals surface area (Å²) in [7, 11) is 0. The van der Waals surface area contributed by atoms with E-state index in [-0.39, 0.29) is 17.1 Å². The highest BCUT2D eigenvalue weighted by Gasteiger charge is 2.20. The molecule has 0 aliphatic carbocycles. The summed E-state index contributed by atoms with van der Waals surface area (Å²) in [4.78, 5) is 11.6. The van der Waals surface area contributed by atoms with Crippen LogP contribution in [0, 0.1) is 5.82 Å². The fourth-order valence-electron chi connectivity index (χ4n) is 1.16. The fraction of sp³-hybridized carbons (Fsp3) is 0.417. The van der Waals surface area contributed by atoms with Crippen molar-refractivity contribution in [3.05, 3.63) is 34.6 Å². The van der Waals surface area contributed by atoms with E-state index in [2.05, 4.69) is 5.32 Å². The lowest BCUT2D eigenvalue weighted by Gasteiger charge is -2.21. The summed E-state index contributed by atoms with van der Waals surface area (Å²) < 4.78 is 13.4.